The Bertz CT molecular complexity index is 1910. The van der Waals surface area contributed by atoms with Crippen molar-refractivity contribution < 1.29 is 54.7 Å². The van der Waals surface area contributed by atoms with Crippen LogP contribution in [0.4, 0.5) is 31.4 Å². The summed E-state index contributed by atoms with van der Waals surface area (Å²) in [6.07, 6.45) is 19.4. The number of aliphatic hydroxyl groups is 1. The molecule has 1 rings (SSSR count). The van der Waals surface area contributed by atoms with Crippen LogP contribution in [0.2, 0.25) is 0 Å². The average Bonchev–Trinajstić information content (AvgIpc) is 3.23. The van der Waals surface area contributed by atoms with Gasteiger partial charge >= 0.3 is 30.0 Å². The summed E-state index contributed by atoms with van der Waals surface area (Å²) in [6, 6.07) is -0.701. The number of terminal acetylenes is 1. The second-order valence-electron chi connectivity index (χ2n) is 17.5. The molecule has 0 heterocycles. The lowest BCUT2D eigenvalue weighted by Crippen LogP contribution is -2.47. The summed E-state index contributed by atoms with van der Waals surface area (Å²) in [5.41, 5.74) is 0.385. The summed E-state index contributed by atoms with van der Waals surface area (Å²) < 4.78 is 16.3. The molecular formula is C51H92N6O9. The van der Waals surface area contributed by atoms with Crippen molar-refractivity contribution in [2.75, 3.05) is 29.2 Å². The molecule has 15 heteroatoms. The van der Waals surface area contributed by atoms with Crippen molar-refractivity contribution in [3.05, 3.63) is 18.2 Å². The van der Waals surface area contributed by atoms with E-state index >= 15 is 0 Å². The average molecular weight is 933 g/mol. The lowest BCUT2D eigenvalue weighted by atomic mass is 10.0. The molecule has 0 saturated heterocycles. The van der Waals surface area contributed by atoms with Crippen LogP contribution in [0.1, 0.15) is 163 Å². The number of nitrogens with one attached hydrogen (secondary N) is 6. The number of hydrogen-bond donors (Lipinski definition) is 7. The second-order valence-corrected chi connectivity index (χ2v) is 17.5. The Morgan fingerprint density at radius 2 is 1.00 bits per heavy atom. The highest BCUT2D eigenvalue weighted by molar-refractivity contribution is 5.98. The molecule has 0 spiro atoms. The van der Waals surface area contributed by atoms with E-state index in [0.717, 1.165) is 64.2 Å². The van der Waals surface area contributed by atoms with Crippen LogP contribution in [-0.4, -0.2) is 72.8 Å². The van der Waals surface area contributed by atoms with E-state index < -0.39 is 54.4 Å². The Hall–Kier alpha value is -5.87. The number of ether oxygens (including phenoxy) is 3. The summed E-state index contributed by atoms with van der Waals surface area (Å²) in [4.78, 5) is 66.6. The zero-order chi connectivity index (χ0) is 49.1. The Kier molecular flexibility index (Phi) is 31.2. The maximum absolute atomic E-state index is 13.5. The fourth-order valence-corrected chi connectivity index (χ4v) is 6.62. The second kappa shape index (κ2) is 35.4. The fraction of sp³-hybridized carbons (Fsp3) is 0.627. The standard InChI is InChI=1S/C51H76N6O9.8H2/c1-10-13-16-19-22-25-28-64-46(58)43(31-37(4)5)55-49(61)52-40-34-41(53-50(62)56-44(32-38(6)7)47(59)65-29-26-23-20-17-14-11-2)36-42(35-40)54-51(63)57-45(33-39(8)9)48(60)66-30-27-24-21-18-15-12-3;;;;;;;;/h1,34-39,43-45,47,59H,11-12,14-15,17-18,20-21,23-24,26-27,29-33H2,2-9H3,(H2,52,55,61)(H2,53,56,62)(H2,54,57,63);8*1H/t43-,44-,45-,47?;;;;;;;;/m0......../s1. The maximum Gasteiger partial charge on any atom is 0.342 e. The Morgan fingerprint density at radius 3 is 1.48 bits per heavy atom. The minimum atomic E-state index is -1.26. The smallest absolute Gasteiger partial charge is 0.342 e. The van der Waals surface area contributed by atoms with Crippen molar-refractivity contribution >= 4 is 47.1 Å². The molecule has 1 aromatic rings. The molecule has 15 nitrogen and oxygen atoms in total. The number of carbonyl (C=O) groups is 5. The summed E-state index contributed by atoms with van der Waals surface area (Å²) in [5, 5.41) is 27.2. The third kappa shape index (κ3) is 28.8. The van der Waals surface area contributed by atoms with Crippen LogP contribution < -0.4 is 31.9 Å². The minimum absolute atomic E-state index is 0. The topological polar surface area (TPSA) is 205 Å². The molecule has 4 atom stereocenters. The van der Waals surface area contributed by atoms with Crippen LogP contribution in [0.5, 0.6) is 0 Å². The highest BCUT2D eigenvalue weighted by Gasteiger charge is 2.27. The van der Waals surface area contributed by atoms with Gasteiger partial charge in [0.25, 0.3) is 0 Å². The molecular weight excluding hydrogens is 841 g/mol. The molecule has 66 heavy (non-hydrogen) atoms. The van der Waals surface area contributed by atoms with Gasteiger partial charge in [0, 0.05) is 52.8 Å². The highest BCUT2D eigenvalue weighted by Crippen LogP contribution is 2.24. The summed E-state index contributed by atoms with van der Waals surface area (Å²) in [5.74, 6) is 12.6. The van der Waals surface area contributed by atoms with E-state index in [4.69, 9.17) is 20.6 Å². The number of aliphatic hydroxyl groups excluding tert-OH is 1. The molecule has 0 aliphatic carbocycles. The number of unbranched alkanes of at least 4 members (excludes halogenated alkanes) is 10. The summed E-state index contributed by atoms with van der Waals surface area (Å²) in [7, 11) is 0. The van der Waals surface area contributed by atoms with Crippen molar-refractivity contribution in [3.63, 3.8) is 0 Å². The van der Waals surface area contributed by atoms with E-state index in [1.165, 1.54) is 31.0 Å². The maximum atomic E-state index is 13.5. The Labute approximate surface area is 406 Å². The molecule has 1 unspecified atom stereocenters. The van der Waals surface area contributed by atoms with Crippen molar-refractivity contribution in [2.24, 2.45) is 17.8 Å². The zero-order valence-electron chi connectivity index (χ0n) is 40.6. The quantitative estimate of drug-likeness (QED) is 0.0169. The van der Waals surface area contributed by atoms with E-state index in [1.54, 1.807) is 0 Å². The van der Waals surface area contributed by atoms with Gasteiger partial charge in [-0.3, -0.25) is 0 Å². The van der Waals surface area contributed by atoms with Gasteiger partial charge in [-0.1, -0.05) is 120 Å². The largest absolute Gasteiger partial charge is 0.464 e. The predicted molar refractivity (Wildman–Crippen MR) is 277 cm³/mol. The van der Waals surface area contributed by atoms with Crippen LogP contribution in [0.3, 0.4) is 0 Å². The van der Waals surface area contributed by atoms with Crippen LogP contribution in [0.25, 0.3) is 0 Å². The molecule has 6 amide bonds. The third-order valence-electron chi connectivity index (χ3n) is 9.74. The van der Waals surface area contributed by atoms with Gasteiger partial charge in [0.15, 0.2) is 6.29 Å². The highest BCUT2D eigenvalue weighted by atomic mass is 16.6. The molecule has 0 radical (unpaired) electrons. The minimum Gasteiger partial charge on any atom is -0.464 e. The van der Waals surface area contributed by atoms with Gasteiger partial charge < -0.3 is 51.2 Å². The molecule has 0 aliphatic rings. The molecule has 0 aromatic heterocycles. The SMILES string of the molecule is C#CC#CC#CC#COC(=O)[C@H](CC(C)C)NC(=O)Nc1cc(NC(=O)N[C@@H](CC(C)C)C(=O)OCCCCCCCC)cc(NC(=O)N[C@@H](CC(C)C)C(O)OCCCCCCCC)c1.[HH].[HH].[HH].[HH].[HH].[HH].[HH].[HH]. The summed E-state index contributed by atoms with van der Waals surface area (Å²) >= 11 is 0. The van der Waals surface area contributed by atoms with Gasteiger partial charge in [-0.2, -0.15) is 0 Å². The number of carbonyl (C=O) groups excluding carboxylic acids is 5. The van der Waals surface area contributed by atoms with Gasteiger partial charge in [-0.25, -0.2) is 24.0 Å². The van der Waals surface area contributed by atoms with Gasteiger partial charge in [0.1, 0.15) is 18.2 Å². The van der Waals surface area contributed by atoms with Crippen LogP contribution in [0, 0.1) is 65.8 Å². The van der Waals surface area contributed by atoms with Crippen LogP contribution in [0.15, 0.2) is 18.2 Å². The van der Waals surface area contributed by atoms with E-state index in [9.17, 15) is 29.1 Å². The van der Waals surface area contributed by atoms with Crippen molar-refractivity contribution in [2.45, 2.75) is 176 Å². The number of anilines is 3. The fourth-order valence-electron chi connectivity index (χ4n) is 6.62. The molecule has 7 N–H and O–H groups in total. The van der Waals surface area contributed by atoms with Crippen molar-refractivity contribution in [3.8, 4) is 48.1 Å². The normalized spacial score (nSPS) is 12.3. The number of hydrogen-bond acceptors (Lipinski definition) is 9. The van der Waals surface area contributed by atoms with E-state index in [2.05, 4.69) is 87.4 Å². The monoisotopic (exact) mass is 933 g/mol. The van der Waals surface area contributed by atoms with Gasteiger partial charge in [-0.15, -0.1) is 6.42 Å². The van der Waals surface area contributed by atoms with Crippen molar-refractivity contribution in [1.29, 1.82) is 0 Å². The number of benzene rings is 1. The lowest BCUT2D eigenvalue weighted by molar-refractivity contribution is -0.146. The van der Waals surface area contributed by atoms with E-state index in [-0.39, 0.29) is 59.3 Å². The third-order valence-corrected chi connectivity index (χ3v) is 9.74. The Balaban J connectivity index is -0.000000907. The lowest BCUT2D eigenvalue weighted by Gasteiger charge is -2.26. The molecule has 380 valence electrons. The molecule has 0 bridgehead atoms. The predicted octanol–water partition coefficient (Wildman–Crippen LogP) is 11.0. The van der Waals surface area contributed by atoms with E-state index in [1.807, 2.05) is 41.5 Å². The first-order valence-electron chi connectivity index (χ1n) is 23.6. The molecule has 0 saturated carbocycles. The van der Waals surface area contributed by atoms with Crippen molar-refractivity contribution in [1.82, 2.24) is 16.0 Å². The van der Waals surface area contributed by atoms with E-state index in [0.29, 0.717) is 19.4 Å². The Morgan fingerprint density at radius 1 is 0.576 bits per heavy atom. The van der Waals surface area contributed by atoms with Gasteiger partial charge in [0.2, 0.25) is 0 Å². The first-order chi connectivity index (χ1) is 31.6. The first kappa shape index (κ1) is 58.1. The molecule has 0 fully saturated rings. The van der Waals surface area contributed by atoms with Crippen LogP contribution in [-0.2, 0) is 23.8 Å². The first-order valence-corrected chi connectivity index (χ1v) is 23.6. The molecule has 0 aliphatic heterocycles. The molecule has 1 aromatic carbocycles. The number of rotatable bonds is 30. The van der Waals surface area contributed by atoms with Gasteiger partial charge in [0.05, 0.1) is 12.6 Å². The van der Waals surface area contributed by atoms with Crippen LogP contribution >= 0.6 is 0 Å². The number of amides is 6. The number of esters is 2. The zero-order valence-corrected chi connectivity index (χ0v) is 40.6. The van der Waals surface area contributed by atoms with Gasteiger partial charge in [-0.05, 0) is 85.8 Å². The summed E-state index contributed by atoms with van der Waals surface area (Å²) in [6.45, 7) is 16.4. The number of urea groups is 3.